The number of fused-ring (bicyclic) bond motifs is 5. The molecule has 0 unspecified atom stereocenters. The van der Waals surface area contributed by atoms with E-state index in [0.29, 0.717) is 0 Å². The zero-order valence-electron chi connectivity index (χ0n) is 45.6. The van der Waals surface area contributed by atoms with Crippen molar-refractivity contribution in [3.63, 3.8) is 0 Å². The molecule has 2 aliphatic heterocycles. The van der Waals surface area contributed by atoms with Crippen LogP contribution in [0.5, 0.6) is 0 Å². The predicted octanol–water partition coefficient (Wildman–Crippen LogP) is 16.0. The molecule has 0 bridgehead atoms. The van der Waals surface area contributed by atoms with E-state index in [-0.39, 0.29) is 44.6 Å². The van der Waals surface area contributed by atoms with Gasteiger partial charge in [-0.15, -0.1) is 0 Å². The van der Waals surface area contributed by atoms with Crippen LogP contribution in [0, 0.1) is 6.92 Å². The van der Waals surface area contributed by atoms with E-state index in [2.05, 4.69) is 245 Å². The summed E-state index contributed by atoms with van der Waals surface area (Å²) in [6.45, 7) is 47.5. The molecule has 68 heavy (non-hydrogen) atoms. The average molecular weight is 902 g/mol. The molecule has 1 aliphatic carbocycles. The van der Waals surface area contributed by atoms with E-state index in [9.17, 15) is 0 Å². The third kappa shape index (κ3) is 7.94. The van der Waals surface area contributed by atoms with Crippen molar-refractivity contribution in [2.24, 2.45) is 0 Å². The zero-order chi connectivity index (χ0) is 49.6. The van der Waals surface area contributed by atoms with Crippen LogP contribution in [-0.4, -0.2) is 11.7 Å². The molecule has 0 fully saturated rings. The zero-order valence-corrected chi connectivity index (χ0v) is 45.6. The predicted molar refractivity (Wildman–Crippen MR) is 297 cm³/mol. The van der Waals surface area contributed by atoms with E-state index < -0.39 is 0 Å². The van der Waals surface area contributed by atoms with Gasteiger partial charge in [-0.25, -0.2) is 4.98 Å². The molecule has 3 heterocycles. The summed E-state index contributed by atoms with van der Waals surface area (Å²) in [5.74, 6) is 1.03. The van der Waals surface area contributed by atoms with Crippen molar-refractivity contribution in [3.8, 4) is 11.1 Å². The summed E-state index contributed by atoms with van der Waals surface area (Å²) in [6, 6.07) is 38.7. The Bertz CT molecular complexity index is 2970. The molecule has 4 heteroatoms. The number of pyridine rings is 1. The highest BCUT2D eigenvalue weighted by Gasteiger charge is 2.49. The minimum Gasteiger partial charge on any atom is -0.310 e. The molecule has 6 aromatic rings. The second-order valence-corrected chi connectivity index (χ2v) is 27.4. The first-order chi connectivity index (χ1) is 31.3. The molecule has 5 aromatic carbocycles. The maximum absolute atomic E-state index is 5.68. The first-order valence-corrected chi connectivity index (χ1v) is 25.6. The molecule has 3 nitrogen and oxygen atoms in total. The highest BCUT2D eigenvalue weighted by Crippen LogP contribution is 2.58. The van der Waals surface area contributed by atoms with Crippen molar-refractivity contribution in [2.45, 2.75) is 189 Å². The smallest absolute Gasteiger partial charge is 0.254 e. The van der Waals surface area contributed by atoms with Gasteiger partial charge in [0, 0.05) is 34.0 Å². The molecule has 3 aliphatic rings. The van der Waals surface area contributed by atoms with E-state index in [1.54, 1.807) is 0 Å². The third-order valence-corrected chi connectivity index (χ3v) is 15.9. The lowest BCUT2D eigenvalue weighted by atomic mass is 9.33. The van der Waals surface area contributed by atoms with Gasteiger partial charge in [0.25, 0.3) is 6.71 Å². The molecule has 0 saturated carbocycles. The fourth-order valence-corrected chi connectivity index (χ4v) is 11.6. The number of benzene rings is 5. The van der Waals surface area contributed by atoms with Gasteiger partial charge in [0.2, 0.25) is 0 Å². The molecule has 1 aromatic heterocycles. The fourth-order valence-electron chi connectivity index (χ4n) is 11.6. The molecule has 0 spiro atoms. The van der Waals surface area contributed by atoms with Gasteiger partial charge in [-0.05, 0) is 155 Å². The molecule has 0 N–H and O–H groups in total. The Morgan fingerprint density at radius 1 is 0.471 bits per heavy atom. The number of hydrogen-bond donors (Lipinski definition) is 0. The number of rotatable bonds is 3. The van der Waals surface area contributed by atoms with Gasteiger partial charge in [0.1, 0.15) is 5.82 Å². The Balaban J connectivity index is 1.48. The lowest BCUT2D eigenvalue weighted by molar-refractivity contribution is 0.326. The summed E-state index contributed by atoms with van der Waals surface area (Å²) >= 11 is 0. The SMILES string of the molecule is Cc1cc2c3c(n1)N(c1ccc(C(C)(C)C)cc1)c1ccc(C(C)(C)C)cc1B3c1cc(C(C)(C)C)ccc1N2c1c(-c2ccc(C(C)(C)C)cc2)cc(C(C)(C)C)c2c1C(C)(C)CCC2(C)C. The van der Waals surface area contributed by atoms with Crippen LogP contribution >= 0.6 is 0 Å². The van der Waals surface area contributed by atoms with E-state index >= 15 is 0 Å². The van der Waals surface area contributed by atoms with Crippen LogP contribution in [0.25, 0.3) is 11.1 Å². The van der Waals surface area contributed by atoms with Crippen molar-refractivity contribution < 1.29 is 0 Å². The first kappa shape index (κ1) is 48.0. The highest BCUT2D eigenvalue weighted by molar-refractivity contribution is 7.00. The van der Waals surface area contributed by atoms with Gasteiger partial charge >= 0.3 is 0 Å². The Hall–Kier alpha value is -5.09. The number of aryl methyl sites for hydroxylation is 1. The lowest BCUT2D eigenvalue weighted by Gasteiger charge is -2.50. The van der Waals surface area contributed by atoms with Gasteiger partial charge in [-0.2, -0.15) is 0 Å². The fraction of sp³-hybridized carbons (Fsp3) is 0.453. The monoisotopic (exact) mass is 902 g/mol. The maximum atomic E-state index is 5.68. The molecule has 0 amide bonds. The minimum absolute atomic E-state index is 0.0278. The molecular weight excluding hydrogens is 822 g/mol. The largest absolute Gasteiger partial charge is 0.310 e. The second-order valence-electron chi connectivity index (χ2n) is 27.4. The Labute approximate surface area is 412 Å². The van der Waals surface area contributed by atoms with E-state index in [1.165, 1.54) is 89.2 Å². The Kier molecular flexibility index (Phi) is 10.9. The molecule has 0 atom stereocenters. The Morgan fingerprint density at radius 2 is 0.912 bits per heavy atom. The van der Waals surface area contributed by atoms with Gasteiger partial charge in [0.05, 0.1) is 5.69 Å². The van der Waals surface area contributed by atoms with Crippen LogP contribution in [0.2, 0.25) is 0 Å². The standard InChI is InChI=1S/C64H80BN3/c1-39-35-52-55-57(66-39)67(45-29-25-42(26-30-45)59(5,6)7)50-31-27-43(60(8,9)10)36-48(50)65(55)49-37-44(61(11,12)13)28-32-51(49)68(52)56-46(40-21-23-41(24-22-40)58(2,3)4)38-47(62(14,15)16)53-54(56)64(19,20)34-33-63(53,17)18/h21-32,35-38H,33-34H2,1-20H3. The van der Waals surface area contributed by atoms with Crippen LogP contribution in [0.4, 0.5) is 34.3 Å². The molecule has 9 rings (SSSR count). The van der Waals surface area contributed by atoms with E-state index in [4.69, 9.17) is 4.98 Å². The summed E-state index contributed by atoms with van der Waals surface area (Å²) in [5, 5.41) is 0. The van der Waals surface area contributed by atoms with Gasteiger partial charge in [-0.1, -0.05) is 192 Å². The Morgan fingerprint density at radius 3 is 1.38 bits per heavy atom. The third-order valence-electron chi connectivity index (χ3n) is 15.9. The second kappa shape index (κ2) is 15.5. The number of hydrogen-bond acceptors (Lipinski definition) is 3. The molecule has 354 valence electrons. The van der Waals surface area contributed by atoms with Crippen molar-refractivity contribution >= 4 is 57.4 Å². The normalized spacial score (nSPS) is 16.6. The van der Waals surface area contributed by atoms with Gasteiger partial charge in [-0.3, -0.25) is 4.90 Å². The number of nitrogens with zero attached hydrogens (tertiary/aromatic N) is 3. The summed E-state index contributed by atoms with van der Waals surface area (Å²) in [5.41, 5.74) is 23.3. The van der Waals surface area contributed by atoms with Crippen molar-refractivity contribution in [3.05, 3.63) is 142 Å². The van der Waals surface area contributed by atoms with E-state index in [0.717, 1.165) is 30.0 Å². The van der Waals surface area contributed by atoms with Crippen molar-refractivity contribution in [1.29, 1.82) is 0 Å². The summed E-state index contributed by atoms with van der Waals surface area (Å²) in [4.78, 5) is 10.9. The van der Waals surface area contributed by atoms with Crippen LogP contribution < -0.4 is 26.2 Å². The highest BCUT2D eigenvalue weighted by atomic mass is 15.2. The van der Waals surface area contributed by atoms with Crippen LogP contribution in [0.3, 0.4) is 0 Å². The minimum atomic E-state index is -0.110. The molecule has 0 radical (unpaired) electrons. The molecular formula is C64H80BN3. The van der Waals surface area contributed by atoms with Crippen LogP contribution in [-0.2, 0) is 37.9 Å². The lowest BCUT2D eigenvalue weighted by Crippen LogP contribution is -2.62. The summed E-state index contributed by atoms with van der Waals surface area (Å²) in [6.07, 6.45) is 2.25. The van der Waals surface area contributed by atoms with Crippen LogP contribution in [0.1, 0.15) is 189 Å². The first-order valence-electron chi connectivity index (χ1n) is 25.6. The van der Waals surface area contributed by atoms with Crippen molar-refractivity contribution in [2.75, 3.05) is 9.80 Å². The topological polar surface area (TPSA) is 19.4 Å². The maximum Gasteiger partial charge on any atom is 0.254 e. The number of anilines is 6. The van der Waals surface area contributed by atoms with Gasteiger partial charge in [0.15, 0.2) is 0 Å². The summed E-state index contributed by atoms with van der Waals surface area (Å²) in [7, 11) is 0. The van der Waals surface area contributed by atoms with Crippen molar-refractivity contribution in [1.82, 2.24) is 4.98 Å². The summed E-state index contributed by atoms with van der Waals surface area (Å²) < 4.78 is 0. The van der Waals surface area contributed by atoms with Gasteiger partial charge < -0.3 is 4.90 Å². The van der Waals surface area contributed by atoms with Crippen LogP contribution in [0.15, 0.2) is 97.1 Å². The average Bonchev–Trinajstić information content (AvgIpc) is 3.22. The van der Waals surface area contributed by atoms with E-state index in [1.807, 2.05) is 0 Å². The quantitative estimate of drug-likeness (QED) is 0.165. The number of aromatic nitrogens is 1. The molecule has 0 saturated heterocycles.